The van der Waals surface area contributed by atoms with Crippen LogP contribution >= 0.6 is 0 Å². The van der Waals surface area contributed by atoms with E-state index >= 15 is 0 Å². The molecule has 7 nitrogen and oxygen atoms in total. The molecule has 0 unspecified atom stereocenters. The second kappa shape index (κ2) is 5.70. The van der Waals surface area contributed by atoms with E-state index in [0.717, 1.165) is 5.56 Å². The highest BCUT2D eigenvalue weighted by Crippen LogP contribution is 2.19. The van der Waals surface area contributed by atoms with E-state index in [1.165, 1.54) is 19.2 Å². The van der Waals surface area contributed by atoms with Crippen LogP contribution in [0.1, 0.15) is 15.9 Å². The lowest BCUT2D eigenvalue weighted by molar-refractivity contribution is -0.134. The minimum absolute atomic E-state index is 0.0151. The van der Waals surface area contributed by atoms with E-state index < -0.39 is 27.7 Å². The third-order valence-electron chi connectivity index (χ3n) is 2.16. The van der Waals surface area contributed by atoms with Gasteiger partial charge in [-0.05, 0) is 19.1 Å². The number of methoxy groups -OCH3 is 1. The third kappa shape index (κ3) is 4.25. The molecule has 0 aromatic heterocycles. The number of rotatable bonds is 5. The van der Waals surface area contributed by atoms with E-state index in [0.29, 0.717) is 0 Å². The number of hydrogen-bond acceptors (Lipinski definition) is 5. The molecule has 0 heterocycles. The first-order valence-electron chi connectivity index (χ1n) is 5.16. The molecule has 104 valence electrons. The molecule has 0 bridgehead atoms. The maximum atomic E-state index is 11.5. The monoisotopic (exact) mass is 287 g/mol. The molecule has 1 aromatic rings. The van der Waals surface area contributed by atoms with Crippen LogP contribution in [0.4, 0.5) is 5.69 Å². The summed E-state index contributed by atoms with van der Waals surface area (Å²) in [4.78, 5) is 21.9. The topological polar surface area (TPSA) is 110 Å². The van der Waals surface area contributed by atoms with Crippen molar-refractivity contribution in [2.75, 3.05) is 17.6 Å². The zero-order valence-corrected chi connectivity index (χ0v) is 11.2. The summed E-state index contributed by atoms with van der Waals surface area (Å²) in [6.07, 6.45) is 0. The van der Waals surface area contributed by atoms with Crippen LogP contribution in [0.25, 0.3) is 0 Å². The van der Waals surface area contributed by atoms with Gasteiger partial charge >= 0.3 is 11.9 Å². The first-order chi connectivity index (χ1) is 8.75. The molecule has 8 heteroatoms. The summed E-state index contributed by atoms with van der Waals surface area (Å²) < 4.78 is 29.6. The van der Waals surface area contributed by atoms with E-state index in [1.807, 2.05) is 0 Å². The Morgan fingerprint density at radius 2 is 2.00 bits per heavy atom. The Kier molecular flexibility index (Phi) is 4.49. The van der Waals surface area contributed by atoms with E-state index in [9.17, 15) is 18.0 Å². The van der Waals surface area contributed by atoms with Crippen molar-refractivity contribution in [3.63, 3.8) is 0 Å². The van der Waals surface area contributed by atoms with Crippen LogP contribution < -0.4 is 4.72 Å². The number of benzene rings is 1. The number of esters is 1. The minimum Gasteiger partial charge on any atom is -0.480 e. The van der Waals surface area contributed by atoms with Gasteiger partial charge in [0, 0.05) is 0 Å². The Morgan fingerprint density at radius 1 is 1.37 bits per heavy atom. The van der Waals surface area contributed by atoms with Crippen LogP contribution in [0.15, 0.2) is 18.2 Å². The number of anilines is 1. The van der Waals surface area contributed by atoms with Crippen LogP contribution in [-0.4, -0.2) is 38.3 Å². The van der Waals surface area contributed by atoms with Gasteiger partial charge in [-0.3, -0.25) is 9.52 Å². The Hall–Kier alpha value is -2.09. The molecular weight excluding hydrogens is 274 g/mol. The van der Waals surface area contributed by atoms with Crippen LogP contribution in [0.5, 0.6) is 0 Å². The average molecular weight is 287 g/mol. The van der Waals surface area contributed by atoms with E-state index in [-0.39, 0.29) is 11.3 Å². The van der Waals surface area contributed by atoms with Crippen LogP contribution in [-0.2, 0) is 19.6 Å². The highest BCUT2D eigenvalue weighted by Gasteiger charge is 2.20. The van der Waals surface area contributed by atoms with Gasteiger partial charge in [-0.2, -0.15) is 0 Å². The number of carbonyl (C=O) groups excluding carboxylic acids is 1. The van der Waals surface area contributed by atoms with Crippen molar-refractivity contribution in [3.8, 4) is 0 Å². The Balaban J connectivity index is 3.14. The summed E-state index contributed by atoms with van der Waals surface area (Å²) in [7, 11) is -2.90. The van der Waals surface area contributed by atoms with Crippen molar-refractivity contribution in [1.29, 1.82) is 0 Å². The molecule has 2 N–H and O–H groups in total. The van der Waals surface area contributed by atoms with E-state index in [4.69, 9.17) is 5.11 Å². The van der Waals surface area contributed by atoms with Gasteiger partial charge in [-0.1, -0.05) is 11.6 Å². The first-order valence-corrected chi connectivity index (χ1v) is 6.81. The summed E-state index contributed by atoms with van der Waals surface area (Å²) in [5.41, 5.74) is 0.747. The second-order valence-corrected chi connectivity index (χ2v) is 5.52. The van der Waals surface area contributed by atoms with Gasteiger partial charge in [-0.25, -0.2) is 13.2 Å². The van der Waals surface area contributed by atoms with Gasteiger partial charge in [0.2, 0.25) is 10.0 Å². The summed E-state index contributed by atoms with van der Waals surface area (Å²) in [5.74, 6) is -3.28. The van der Waals surface area contributed by atoms with Gasteiger partial charge in [0.05, 0.1) is 18.4 Å². The van der Waals surface area contributed by atoms with Crippen molar-refractivity contribution in [2.24, 2.45) is 0 Å². The molecule has 0 aliphatic carbocycles. The number of carboxylic acids is 1. The summed E-state index contributed by atoms with van der Waals surface area (Å²) >= 11 is 0. The van der Waals surface area contributed by atoms with Crippen molar-refractivity contribution < 1.29 is 27.9 Å². The highest BCUT2D eigenvalue weighted by molar-refractivity contribution is 7.93. The Morgan fingerprint density at radius 3 is 2.53 bits per heavy atom. The van der Waals surface area contributed by atoms with Crippen molar-refractivity contribution >= 4 is 27.6 Å². The predicted octanol–water partition coefficient (Wildman–Crippen LogP) is 0.608. The fraction of sp³-hybridized carbons (Fsp3) is 0.273. The molecule has 0 saturated heterocycles. The normalized spacial score (nSPS) is 10.8. The standard InChI is InChI=1S/C11H13NO6S/c1-7-3-4-9(8(5-7)11(15)18-2)12-19(16,17)6-10(13)14/h3-5,12H,6H2,1-2H3,(H,13,14). The van der Waals surface area contributed by atoms with Crippen LogP contribution in [0.3, 0.4) is 0 Å². The molecule has 19 heavy (non-hydrogen) atoms. The lowest BCUT2D eigenvalue weighted by atomic mass is 10.1. The first kappa shape index (κ1) is 15.0. The maximum Gasteiger partial charge on any atom is 0.340 e. The van der Waals surface area contributed by atoms with Crippen LogP contribution in [0.2, 0.25) is 0 Å². The molecule has 0 saturated carbocycles. The smallest absolute Gasteiger partial charge is 0.340 e. The van der Waals surface area contributed by atoms with E-state index in [2.05, 4.69) is 9.46 Å². The number of carboxylic acid groups (broad SMARTS) is 1. The largest absolute Gasteiger partial charge is 0.480 e. The number of aryl methyl sites for hydroxylation is 1. The number of aliphatic carboxylic acids is 1. The van der Waals surface area contributed by atoms with Crippen molar-refractivity contribution in [1.82, 2.24) is 0 Å². The molecule has 0 radical (unpaired) electrons. The highest BCUT2D eigenvalue weighted by atomic mass is 32.2. The van der Waals surface area contributed by atoms with Gasteiger partial charge < -0.3 is 9.84 Å². The number of carbonyl (C=O) groups is 2. The molecule has 0 aliphatic heterocycles. The summed E-state index contributed by atoms with van der Waals surface area (Å²) in [5, 5.41) is 8.49. The molecule has 0 spiro atoms. The second-order valence-electron chi connectivity index (χ2n) is 3.80. The number of sulfonamides is 1. The number of ether oxygens (including phenoxy) is 1. The van der Waals surface area contributed by atoms with E-state index in [1.54, 1.807) is 13.0 Å². The summed E-state index contributed by atoms with van der Waals surface area (Å²) in [6, 6.07) is 4.41. The quantitative estimate of drug-likeness (QED) is 0.768. The fourth-order valence-electron chi connectivity index (χ4n) is 1.39. The molecule has 1 rings (SSSR count). The Bertz CT molecular complexity index is 608. The van der Waals surface area contributed by atoms with Gasteiger partial charge in [-0.15, -0.1) is 0 Å². The number of hydrogen-bond donors (Lipinski definition) is 2. The third-order valence-corrected chi connectivity index (χ3v) is 3.32. The molecule has 1 aromatic carbocycles. The zero-order valence-electron chi connectivity index (χ0n) is 10.3. The molecule has 0 fully saturated rings. The lowest BCUT2D eigenvalue weighted by Crippen LogP contribution is -2.23. The lowest BCUT2D eigenvalue weighted by Gasteiger charge is -2.11. The molecule has 0 aliphatic rings. The SMILES string of the molecule is COC(=O)c1cc(C)ccc1NS(=O)(=O)CC(=O)O. The maximum absolute atomic E-state index is 11.5. The Labute approximate surface area is 110 Å². The predicted molar refractivity (Wildman–Crippen MR) is 67.6 cm³/mol. The van der Waals surface area contributed by atoms with Gasteiger partial charge in [0.1, 0.15) is 0 Å². The summed E-state index contributed by atoms with van der Waals surface area (Å²) in [6.45, 7) is 1.72. The van der Waals surface area contributed by atoms with Crippen LogP contribution in [0, 0.1) is 6.92 Å². The number of nitrogens with one attached hydrogen (secondary N) is 1. The average Bonchev–Trinajstić information content (AvgIpc) is 2.28. The zero-order chi connectivity index (χ0) is 14.6. The van der Waals surface area contributed by atoms with Crippen molar-refractivity contribution in [3.05, 3.63) is 29.3 Å². The molecular formula is C11H13NO6S. The van der Waals surface area contributed by atoms with Gasteiger partial charge in [0.25, 0.3) is 0 Å². The van der Waals surface area contributed by atoms with Crippen molar-refractivity contribution in [2.45, 2.75) is 6.92 Å². The van der Waals surface area contributed by atoms with Gasteiger partial charge in [0.15, 0.2) is 5.75 Å². The molecule has 0 amide bonds. The molecule has 0 atom stereocenters. The minimum atomic E-state index is -4.07. The fourth-order valence-corrected chi connectivity index (χ4v) is 2.30.